The third-order valence-electron chi connectivity index (χ3n) is 7.38. The number of nitrogens with one attached hydrogen (secondary N) is 3. The molecule has 0 bridgehead atoms. The average Bonchev–Trinajstić information content (AvgIpc) is 3.49. The fourth-order valence-corrected chi connectivity index (χ4v) is 6.11. The van der Waals surface area contributed by atoms with Gasteiger partial charge in [-0.05, 0) is 59.6 Å². The van der Waals surface area contributed by atoms with Crippen LogP contribution in [0.5, 0.6) is 5.75 Å². The number of thioether (sulfide) groups is 1. The Balaban J connectivity index is 1.18. The molecule has 0 amide bonds. The van der Waals surface area contributed by atoms with Crippen LogP contribution < -0.4 is 25.8 Å². The summed E-state index contributed by atoms with van der Waals surface area (Å²) < 4.78 is 69.2. The number of anilines is 2. The minimum atomic E-state index is -5.83. The standard InChI is InChI=1S/C33H36F5N7OS/c1-22(2)27-9-4-5-10-28(27)44-20-7-21-47-31(44)42-40-19-6-8-23-11-13-24(14-12-23)29-41-30(39-3)45(43-29)25-15-17-26(18-16-25)46-33(37,38)32(34,35)36/h4-6,8-18,22,31,40,42H,7,19-21H2,1-3H3,(H,39,41,43)/b8-6+. The molecule has 1 aliphatic rings. The summed E-state index contributed by atoms with van der Waals surface area (Å²) in [6.45, 7) is 6.05. The highest BCUT2D eigenvalue weighted by Gasteiger charge is 2.61. The molecular weight excluding hydrogens is 637 g/mol. The highest BCUT2D eigenvalue weighted by molar-refractivity contribution is 8.00. The van der Waals surface area contributed by atoms with E-state index in [0.717, 1.165) is 42.0 Å². The summed E-state index contributed by atoms with van der Waals surface area (Å²) in [7, 11) is 1.64. The zero-order valence-corrected chi connectivity index (χ0v) is 26.9. The molecule has 250 valence electrons. The maximum atomic E-state index is 13.3. The summed E-state index contributed by atoms with van der Waals surface area (Å²) in [5.41, 5.74) is 11.6. The van der Waals surface area contributed by atoms with Gasteiger partial charge in [0.2, 0.25) is 5.95 Å². The first kappa shape index (κ1) is 34.2. The molecule has 1 aromatic heterocycles. The predicted molar refractivity (Wildman–Crippen MR) is 177 cm³/mol. The second-order valence-corrected chi connectivity index (χ2v) is 12.3. The summed E-state index contributed by atoms with van der Waals surface area (Å²) in [6.07, 6.45) is -5.96. The first-order chi connectivity index (χ1) is 22.5. The fourth-order valence-electron chi connectivity index (χ4n) is 5.02. The summed E-state index contributed by atoms with van der Waals surface area (Å²) in [6, 6.07) is 20.9. The van der Waals surface area contributed by atoms with Gasteiger partial charge in [-0.25, -0.2) is 5.43 Å². The molecule has 0 saturated carbocycles. The minimum Gasteiger partial charge on any atom is -0.426 e. The molecule has 0 radical (unpaired) electrons. The molecule has 0 spiro atoms. The van der Waals surface area contributed by atoms with Crippen LogP contribution in [-0.2, 0) is 0 Å². The summed E-state index contributed by atoms with van der Waals surface area (Å²) >= 11 is 1.89. The van der Waals surface area contributed by atoms with Crippen molar-refractivity contribution >= 4 is 29.5 Å². The van der Waals surface area contributed by atoms with Gasteiger partial charge < -0.3 is 15.0 Å². The monoisotopic (exact) mass is 673 g/mol. The van der Waals surface area contributed by atoms with Crippen LogP contribution in [0.4, 0.5) is 33.6 Å². The zero-order valence-electron chi connectivity index (χ0n) is 26.1. The molecule has 2 heterocycles. The number of hydrogen-bond donors (Lipinski definition) is 3. The Bertz CT molecular complexity index is 1640. The van der Waals surface area contributed by atoms with Crippen LogP contribution in [0.25, 0.3) is 23.2 Å². The molecule has 5 rings (SSSR count). The molecule has 4 aromatic rings. The molecule has 1 saturated heterocycles. The number of ether oxygens (including phenoxy) is 1. The van der Waals surface area contributed by atoms with Gasteiger partial charge in [0.25, 0.3) is 0 Å². The van der Waals surface area contributed by atoms with Crippen molar-refractivity contribution in [1.29, 1.82) is 0 Å². The topological polar surface area (TPSA) is 79.3 Å². The molecule has 14 heteroatoms. The smallest absolute Gasteiger partial charge is 0.426 e. The summed E-state index contributed by atoms with van der Waals surface area (Å²) in [5.74, 6) is 1.64. The first-order valence-electron chi connectivity index (χ1n) is 15.1. The van der Waals surface area contributed by atoms with E-state index in [4.69, 9.17) is 0 Å². The van der Waals surface area contributed by atoms with E-state index in [9.17, 15) is 22.0 Å². The molecule has 8 nitrogen and oxygen atoms in total. The lowest BCUT2D eigenvalue weighted by Crippen LogP contribution is -2.52. The average molecular weight is 674 g/mol. The van der Waals surface area contributed by atoms with Crippen molar-refractivity contribution in [3.05, 3.63) is 90.0 Å². The number of halogens is 5. The lowest BCUT2D eigenvalue weighted by molar-refractivity contribution is -0.360. The van der Waals surface area contributed by atoms with Crippen LogP contribution >= 0.6 is 11.8 Å². The van der Waals surface area contributed by atoms with E-state index in [0.29, 0.717) is 29.9 Å². The van der Waals surface area contributed by atoms with Gasteiger partial charge in [0.1, 0.15) is 11.2 Å². The molecule has 3 aromatic carbocycles. The molecular formula is C33H36F5N7OS. The fraction of sp³-hybridized carbons (Fsp3) is 0.333. The van der Waals surface area contributed by atoms with Gasteiger partial charge in [0, 0.05) is 31.4 Å². The lowest BCUT2D eigenvalue weighted by Gasteiger charge is -2.38. The van der Waals surface area contributed by atoms with Crippen molar-refractivity contribution < 1.29 is 26.7 Å². The highest BCUT2D eigenvalue weighted by atomic mass is 32.2. The number of hydrazine groups is 1. The Morgan fingerprint density at radius 2 is 1.72 bits per heavy atom. The maximum absolute atomic E-state index is 13.3. The van der Waals surface area contributed by atoms with Crippen molar-refractivity contribution in [2.75, 3.05) is 36.1 Å². The zero-order chi connectivity index (χ0) is 33.6. The minimum absolute atomic E-state index is 0.122. The van der Waals surface area contributed by atoms with Crippen LogP contribution in [-0.4, -0.2) is 58.4 Å². The SMILES string of the molecule is CNc1nc(-c2ccc(/C=C/CNNC3SCCCN3c3ccccc3C(C)C)cc2)nn1-c1ccc(OC(F)(F)C(F)(F)F)cc1. The van der Waals surface area contributed by atoms with E-state index in [1.807, 2.05) is 48.2 Å². The molecule has 3 N–H and O–H groups in total. The van der Waals surface area contributed by atoms with Crippen LogP contribution in [0, 0.1) is 0 Å². The third-order valence-corrected chi connectivity index (χ3v) is 8.60. The van der Waals surface area contributed by atoms with E-state index >= 15 is 0 Å². The van der Waals surface area contributed by atoms with E-state index in [-0.39, 0.29) is 5.50 Å². The Hall–Kier alpha value is -4.14. The normalized spacial score (nSPS) is 15.9. The van der Waals surface area contributed by atoms with Crippen molar-refractivity contribution in [3.63, 3.8) is 0 Å². The van der Waals surface area contributed by atoms with Gasteiger partial charge in [0.15, 0.2) is 5.82 Å². The third kappa shape index (κ3) is 8.24. The summed E-state index contributed by atoms with van der Waals surface area (Å²) in [4.78, 5) is 6.92. The molecule has 1 fully saturated rings. The second kappa shape index (κ2) is 14.7. The Morgan fingerprint density at radius 1 is 1.00 bits per heavy atom. The van der Waals surface area contributed by atoms with Crippen molar-refractivity contribution in [2.45, 2.75) is 44.0 Å². The molecule has 1 aliphatic heterocycles. The van der Waals surface area contributed by atoms with Crippen LogP contribution in [0.3, 0.4) is 0 Å². The second-order valence-electron chi connectivity index (χ2n) is 11.1. The number of rotatable bonds is 12. The maximum Gasteiger partial charge on any atom is 0.499 e. The van der Waals surface area contributed by atoms with Crippen molar-refractivity contribution in [2.24, 2.45) is 0 Å². The van der Waals surface area contributed by atoms with Gasteiger partial charge in [-0.2, -0.15) is 31.6 Å². The molecule has 1 atom stereocenters. The van der Waals surface area contributed by atoms with E-state index in [1.54, 1.807) is 7.05 Å². The quantitative estimate of drug-likeness (QED) is 0.0804. The number of alkyl halides is 5. The van der Waals surface area contributed by atoms with Gasteiger partial charge >= 0.3 is 12.3 Å². The number of benzene rings is 3. The highest BCUT2D eigenvalue weighted by Crippen LogP contribution is 2.37. The van der Waals surface area contributed by atoms with Crippen molar-refractivity contribution in [3.8, 4) is 22.8 Å². The summed E-state index contributed by atoms with van der Waals surface area (Å²) in [5, 5.41) is 7.41. The Kier molecular flexibility index (Phi) is 10.7. The lowest BCUT2D eigenvalue weighted by atomic mass is 10.0. The van der Waals surface area contributed by atoms with E-state index < -0.39 is 18.0 Å². The number of para-hydroxylation sites is 1. The van der Waals surface area contributed by atoms with Gasteiger partial charge in [-0.1, -0.05) is 68.5 Å². The van der Waals surface area contributed by atoms with Crippen LogP contribution in [0.15, 0.2) is 78.9 Å². The predicted octanol–water partition coefficient (Wildman–Crippen LogP) is 7.67. The van der Waals surface area contributed by atoms with Crippen LogP contribution in [0.1, 0.15) is 37.3 Å². The Morgan fingerprint density at radius 3 is 2.40 bits per heavy atom. The Labute approximate surface area is 274 Å². The molecule has 0 aliphatic carbocycles. The number of aromatic nitrogens is 3. The molecule has 47 heavy (non-hydrogen) atoms. The van der Waals surface area contributed by atoms with Crippen LogP contribution in [0.2, 0.25) is 0 Å². The van der Waals surface area contributed by atoms with Gasteiger partial charge in [-0.15, -0.1) is 16.9 Å². The molecule has 1 unspecified atom stereocenters. The van der Waals surface area contributed by atoms with E-state index in [1.165, 1.54) is 28.1 Å². The van der Waals surface area contributed by atoms with Crippen molar-refractivity contribution in [1.82, 2.24) is 25.6 Å². The van der Waals surface area contributed by atoms with Gasteiger partial charge in [-0.3, -0.25) is 5.43 Å². The number of nitrogens with zero attached hydrogens (tertiary/aromatic N) is 4. The van der Waals surface area contributed by atoms with Gasteiger partial charge in [0.05, 0.1) is 5.69 Å². The largest absolute Gasteiger partial charge is 0.499 e. The number of hydrogen-bond acceptors (Lipinski definition) is 8. The first-order valence-corrected chi connectivity index (χ1v) is 16.1. The van der Waals surface area contributed by atoms with E-state index in [2.05, 4.69) is 74.0 Å².